The molecule has 0 aliphatic carbocycles. The van der Waals surface area contributed by atoms with Gasteiger partial charge in [-0.1, -0.05) is 6.42 Å². The molecule has 18 heavy (non-hydrogen) atoms. The van der Waals surface area contributed by atoms with Crippen molar-refractivity contribution in [3.8, 4) is 0 Å². The average Bonchev–Trinajstić information content (AvgIpc) is 2.73. The topological polar surface area (TPSA) is 38.5 Å². The second-order valence-corrected chi connectivity index (χ2v) is 4.22. The van der Waals surface area contributed by atoms with E-state index in [4.69, 9.17) is 0 Å². The second-order valence-electron chi connectivity index (χ2n) is 4.22. The minimum absolute atomic E-state index is 0. The summed E-state index contributed by atoms with van der Waals surface area (Å²) in [7, 11) is 0. The van der Waals surface area contributed by atoms with E-state index in [0.717, 1.165) is 24.5 Å². The van der Waals surface area contributed by atoms with Gasteiger partial charge in [-0.15, -0.1) is 24.8 Å². The largest absolute Gasteiger partial charge is 0.307 e. The van der Waals surface area contributed by atoms with Gasteiger partial charge in [-0.05, 0) is 31.5 Å². The molecular weight excluding hydrogens is 276 g/mol. The minimum atomic E-state index is -0.254. The summed E-state index contributed by atoms with van der Waals surface area (Å²) in [6.45, 7) is 1.02. The van der Waals surface area contributed by atoms with E-state index in [0.29, 0.717) is 5.69 Å². The summed E-state index contributed by atoms with van der Waals surface area (Å²) < 4.78 is 13.0. The van der Waals surface area contributed by atoms with Crippen molar-refractivity contribution in [1.29, 1.82) is 0 Å². The molecule has 1 unspecified atom stereocenters. The van der Waals surface area contributed by atoms with Gasteiger partial charge in [-0.2, -0.15) is 0 Å². The first kappa shape index (κ1) is 15.2. The van der Waals surface area contributed by atoms with E-state index in [1.165, 1.54) is 25.0 Å². The van der Waals surface area contributed by atoms with Gasteiger partial charge in [0.2, 0.25) is 0 Å². The molecule has 2 aliphatic heterocycles. The van der Waals surface area contributed by atoms with E-state index < -0.39 is 0 Å². The van der Waals surface area contributed by atoms with Gasteiger partial charge in [0.05, 0.1) is 17.4 Å². The second kappa shape index (κ2) is 6.36. The molecule has 1 atom stereocenters. The highest BCUT2D eigenvalue weighted by molar-refractivity contribution is 5.99. The van der Waals surface area contributed by atoms with Gasteiger partial charge in [0.25, 0.3) is 0 Å². The van der Waals surface area contributed by atoms with E-state index in [-0.39, 0.29) is 36.7 Å². The van der Waals surface area contributed by atoms with Crippen LogP contribution in [0.3, 0.4) is 0 Å². The molecular formula is C12H15Cl2FN3. The molecule has 0 spiro atoms. The van der Waals surface area contributed by atoms with Crippen molar-refractivity contribution in [3.63, 3.8) is 0 Å². The summed E-state index contributed by atoms with van der Waals surface area (Å²) in [5.74, 6) is 0.552. The molecule has 0 aromatic heterocycles. The molecule has 3 nitrogen and oxygen atoms in total. The monoisotopic (exact) mass is 290 g/mol. The zero-order valence-electron chi connectivity index (χ0n) is 9.73. The fourth-order valence-corrected chi connectivity index (χ4v) is 2.18. The maximum atomic E-state index is 13.0. The Morgan fingerprint density at radius 3 is 2.72 bits per heavy atom. The number of hydrogen-bond donors (Lipinski definition) is 1. The van der Waals surface area contributed by atoms with Crippen LogP contribution in [0.25, 0.3) is 0 Å². The maximum Gasteiger partial charge on any atom is 0.146 e. The number of aliphatic imine (C=N–C) groups is 1. The zero-order chi connectivity index (χ0) is 11.0. The smallest absolute Gasteiger partial charge is 0.146 e. The molecule has 1 aromatic rings. The van der Waals surface area contributed by atoms with Gasteiger partial charge in [0, 0.05) is 6.07 Å². The first-order valence-electron chi connectivity index (χ1n) is 5.66. The van der Waals surface area contributed by atoms with Crippen LogP contribution in [-0.2, 0) is 0 Å². The number of halogens is 3. The fraction of sp³-hybridized carbons (Fsp3) is 0.417. The van der Waals surface area contributed by atoms with Crippen molar-refractivity contribution in [2.24, 2.45) is 4.99 Å². The lowest BCUT2D eigenvalue weighted by Gasteiger charge is -2.22. The molecule has 1 fully saturated rings. The molecule has 0 bridgehead atoms. The number of nitrogens with one attached hydrogen (secondary N) is 1. The molecule has 2 aliphatic rings. The molecule has 0 saturated carbocycles. The third kappa shape index (κ3) is 2.94. The van der Waals surface area contributed by atoms with Gasteiger partial charge in [0.15, 0.2) is 0 Å². The predicted molar refractivity (Wildman–Crippen MR) is 75.4 cm³/mol. The molecule has 0 amide bonds. The molecule has 2 heterocycles. The quantitative estimate of drug-likeness (QED) is 0.848. The Labute approximate surface area is 118 Å². The highest BCUT2D eigenvalue weighted by Crippen LogP contribution is 2.32. The van der Waals surface area contributed by atoms with Crippen molar-refractivity contribution in [3.05, 3.63) is 24.0 Å². The molecule has 1 N–H and O–H groups in total. The van der Waals surface area contributed by atoms with Crippen LogP contribution >= 0.6 is 24.8 Å². The van der Waals surface area contributed by atoms with Gasteiger partial charge in [0.1, 0.15) is 11.7 Å². The van der Waals surface area contributed by atoms with Crippen molar-refractivity contribution in [2.45, 2.75) is 25.3 Å². The van der Waals surface area contributed by atoms with E-state index in [1.54, 1.807) is 6.07 Å². The summed E-state index contributed by atoms with van der Waals surface area (Å²) in [6.07, 6.45) is 3.49. The highest BCUT2D eigenvalue weighted by atomic mass is 35.5. The number of amidine groups is 1. The number of hydrogen-bond acceptors (Lipinski definition) is 2. The summed E-state index contributed by atoms with van der Waals surface area (Å²) in [4.78, 5) is 4.44. The zero-order valence-corrected chi connectivity index (χ0v) is 11.4. The Bertz CT molecular complexity index is 445. The van der Waals surface area contributed by atoms with E-state index >= 15 is 0 Å². The van der Waals surface area contributed by atoms with Crippen LogP contribution in [0.1, 0.15) is 19.3 Å². The number of nitrogens with zero attached hydrogens (tertiary/aromatic N) is 2. The number of fused-ring (bicyclic) bond motifs is 1. The van der Waals surface area contributed by atoms with Crippen molar-refractivity contribution >= 4 is 42.0 Å². The van der Waals surface area contributed by atoms with Crippen LogP contribution in [0.15, 0.2) is 23.2 Å². The molecule has 3 rings (SSSR count). The van der Waals surface area contributed by atoms with Crippen molar-refractivity contribution in [2.75, 3.05) is 6.54 Å². The first-order valence-corrected chi connectivity index (χ1v) is 5.66. The summed E-state index contributed by atoms with van der Waals surface area (Å²) in [5, 5.41) is 7.78. The fourth-order valence-electron chi connectivity index (χ4n) is 2.18. The van der Waals surface area contributed by atoms with Crippen LogP contribution in [0.4, 0.5) is 15.8 Å². The molecule has 1 radical (unpaired) electrons. The van der Waals surface area contributed by atoms with Crippen LogP contribution in [0, 0.1) is 5.82 Å². The Morgan fingerprint density at radius 1 is 1.17 bits per heavy atom. The Kier molecular flexibility index (Phi) is 5.38. The summed E-state index contributed by atoms with van der Waals surface area (Å²) in [5.41, 5.74) is 1.44. The Hall–Kier alpha value is -0.840. The van der Waals surface area contributed by atoms with Crippen LogP contribution in [0.5, 0.6) is 0 Å². The molecule has 1 saturated heterocycles. The van der Waals surface area contributed by atoms with Crippen LogP contribution < -0.4 is 10.6 Å². The van der Waals surface area contributed by atoms with Gasteiger partial charge in [-0.25, -0.2) is 14.7 Å². The number of benzene rings is 1. The van der Waals surface area contributed by atoms with Gasteiger partial charge in [-0.3, -0.25) is 0 Å². The summed E-state index contributed by atoms with van der Waals surface area (Å²) >= 11 is 0. The normalized spacial score (nSPS) is 20.9. The lowest BCUT2D eigenvalue weighted by Crippen LogP contribution is -2.42. The minimum Gasteiger partial charge on any atom is -0.307 e. The lowest BCUT2D eigenvalue weighted by atomic mass is 10.0. The van der Waals surface area contributed by atoms with E-state index in [1.807, 2.05) is 0 Å². The Morgan fingerprint density at radius 2 is 2.00 bits per heavy atom. The third-order valence-electron chi connectivity index (χ3n) is 3.03. The van der Waals surface area contributed by atoms with Crippen LogP contribution in [-0.4, -0.2) is 18.4 Å². The maximum absolute atomic E-state index is 13.0. The van der Waals surface area contributed by atoms with Gasteiger partial charge >= 0.3 is 0 Å². The van der Waals surface area contributed by atoms with Crippen LogP contribution in [0.2, 0.25) is 0 Å². The van der Waals surface area contributed by atoms with E-state index in [2.05, 4.69) is 15.6 Å². The number of piperidine rings is 1. The van der Waals surface area contributed by atoms with E-state index in [9.17, 15) is 4.39 Å². The Balaban J connectivity index is 0.000000810. The average molecular weight is 291 g/mol. The molecule has 1 aromatic carbocycles. The molecule has 6 heteroatoms. The standard InChI is InChI=1S/C12H13FN3.2ClH/c13-8-4-5-9-11(7-8)16-12(15-9)10-3-1-2-6-14-10;;/h4-5,7,10,14H,1-3,6H2;2*1H. The number of rotatable bonds is 1. The van der Waals surface area contributed by atoms with Crippen molar-refractivity contribution < 1.29 is 4.39 Å². The predicted octanol–water partition coefficient (Wildman–Crippen LogP) is 3.09. The summed E-state index contributed by atoms with van der Waals surface area (Å²) in [6, 6.07) is 4.79. The molecule has 99 valence electrons. The third-order valence-corrected chi connectivity index (χ3v) is 3.03. The lowest BCUT2D eigenvalue weighted by molar-refractivity contribution is 0.468. The highest BCUT2D eigenvalue weighted by Gasteiger charge is 2.25. The first-order chi connectivity index (χ1) is 7.83. The van der Waals surface area contributed by atoms with Crippen molar-refractivity contribution in [1.82, 2.24) is 10.6 Å². The SMILES string of the molecule is Cl.Cl.Fc1ccc2c(c1)[N]C(C1CCCCN1)=N2. The van der Waals surface area contributed by atoms with Gasteiger partial charge < -0.3 is 5.32 Å².